The van der Waals surface area contributed by atoms with Crippen molar-refractivity contribution in [3.8, 4) is 6.07 Å². The topological polar surface area (TPSA) is 68.9 Å². The molecule has 1 aromatic heterocycles. The first-order valence-electron chi connectivity index (χ1n) is 5.65. The zero-order chi connectivity index (χ0) is 14.6. The Hall–Kier alpha value is -1.81. The Balaban J connectivity index is 3.14. The van der Waals surface area contributed by atoms with E-state index in [-0.39, 0.29) is 23.9 Å². The van der Waals surface area contributed by atoms with E-state index in [1.54, 1.807) is 19.9 Å². The molecule has 0 radical (unpaired) electrons. The molecule has 0 amide bonds. The van der Waals surface area contributed by atoms with Crippen LogP contribution in [0.2, 0.25) is 0 Å². The van der Waals surface area contributed by atoms with Crippen LogP contribution in [0.15, 0.2) is 12.1 Å². The van der Waals surface area contributed by atoms with Crippen molar-refractivity contribution in [1.82, 2.24) is 4.98 Å². The zero-order valence-corrected chi connectivity index (χ0v) is 10.5. The Kier molecular flexibility index (Phi) is 4.72. The molecule has 0 saturated heterocycles. The molecule has 4 nitrogen and oxygen atoms in total. The summed E-state index contributed by atoms with van der Waals surface area (Å²) in [5, 5.41) is 20.7. The molecule has 1 heterocycles. The van der Waals surface area contributed by atoms with Gasteiger partial charge in [0, 0.05) is 0 Å². The van der Waals surface area contributed by atoms with Crippen LogP contribution < -0.4 is 5.32 Å². The molecule has 0 saturated carbocycles. The van der Waals surface area contributed by atoms with Crippen LogP contribution >= 0.6 is 0 Å². The van der Waals surface area contributed by atoms with E-state index in [1.165, 1.54) is 0 Å². The third-order valence-electron chi connectivity index (χ3n) is 2.63. The van der Waals surface area contributed by atoms with Gasteiger partial charge in [-0.3, -0.25) is 0 Å². The van der Waals surface area contributed by atoms with Crippen molar-refractivity contribution in [3.63, 3.8) is 0 Å². The van der Waals surface area contributed by atoms with E-state index < -0.39 is 17.9 Å². The van der Waals surface area contributed by atoms with Crippen LogP contribution in [-0.2, 0) is 6.18 Å². The highest BCUT2D eigenvalue weighted by Crippen LogP contribution is 2.29. The summed E-state index contributed by atoms with van der Waals surface area (Å²) in [7, 11) is 0. The Morgan fingerprint density at radius 1 is 1.42 bits per heavy atom. The summed E-state index contributed by atoms with van der Waals surface area (Å²) >= 11 is 0. The first kappa shape index (κ1) is 15.2. The largest absolute Gasteiger partial charge is 0.433 e. The highest BCUT2D eigenvalue weighted by atomic mass is 19.4. The zero-order valence-electron chi connectivity index (χ0n) is 10.5. The standard InChI is InChI=1S/C12H14F3N3O/c1-7(2)9(6-19)17-11-8(5-16)3-4-10(18-11)12(13,14)15/h3-4,7,9,19H,6H2,1-2H3,(H,17,18)/t9-/m1/s1. The highest BCUT2D eigenvalue weighted by molar-refractivity contribution is 5.53. The molecule has 0 bridgehead atoms. The maximum atomic E-state index is 12.6. The molecule has 1 atom stereocenters. The van der Waals surface area contributed by atoms with Gasteiger partial charge in [-0.15, -0.1) is 0 Å². The fraction of sp³-hybridized carbons (Fsp3) is 0.500. The number of hydrogen-bond acceptors (Lipinski definition) is 4. The van der Waals surface area contributed by atoms with Crippen molar-refractivity contribution < 1.29 is 18.3 Å². The van der Waals surface area contributed by atoms with E-state index in [2.05, 4.69) is 10.3 Å². The fourth-order valence-electron chi connectivity index (χ4n) is 1.42. The molecule has 1 aromatic rings. The third-order valence-corrected chi connectivity index (χ3v) is 2.63. The number of anilines is 1. The van der Waals surface area contributed by atoms with Crippen molar-refractivity contribution in [2.45, 2.75) is 26.1 Å². The molecule has 0 unspecified atom stereocenters. The number of halogens is 3. The predicted molar refractivity (Wildman–Crippen MR) is 63.3 cm³/mol. The normalized spacial score (nSPS) is 13.2. The molecule has 0 aliphatic heterocycles. The SMILES string of the molecule is CC(C)[C@@H](CO)Nc1nc(C(F)(F)F)ccc1C#N. The van der Waals surface area contributed by atoms with E-state index >= 15 is 0 Å². The van der Waals surface area contributed by atoms with Crippen LogP contribution in [0.1, 0.15) is 25.1 Å². The molecule has 0 spiro atoms. The smallest absolute Gasteiger partial charge is 0.394 e. The summed E-state index contributed by atoms with van der Waals surface area (Å²) in [4.78, 5) is 3.42. The molecule has 1 rings (SSSR count). The summed E-state index contributed by atoms with van der Waals surface area (Å²) in [5.74, 6) is -0.182. The second kappa shape index (κ2) is 5.89. The van der Waals surface area contributed by atoms with E-state index in [0.717, 1.165) is 12.1 Å². The number of aliphatic hydroxyl groups is 1. The number of alkyl halides is 3. The van der Waals surface area contributed by atoms with Crippen LogP contribution in [0.4, 0.5) is 19.0 Å². The molecule has 19 heavy (non-hydrogen) atoms. The van der Waals surface area contributed by atoms with Gasteiger partial charge in [-0.2, -0.15) is 18.4 Å². The molecule has 0 fully saturated rings. The van der Waals surface area contributed by atoms with Gasteiger partial charge in [0.1, 0.15) is 17.6 Å². The molecular formula is C12H14F3N3O. The molecule has 2 N–H and O–H groups in total. The lowest BCUT2D eigenvalue weighted by Gasteiger charge is -2.21. The second-order valence-electron chi connectivity index (χ2n) is 4.38. The summed E-state index contributed by atoms with van der Waals surface area (Å²) in [6.07, 6.45) is -4.57. The summed E-state index contributed by atoms with van der Waals surface area (Å²) in [6.45, 7) is 3.33. The average molecular weight is 273 g/mol. The van der Waals surface area contributed by atoms with Crippen LogP contribution in [0, 0.1) is 17.2 Å². The van der Waals surface area contributed by atoms with Gasteiger partial charge >= 0.3 is 6.18 Å². The molecule has 0 aliphatic carbocycles. The van der Waals surface area contributed by atoms with Crippen molar-refractivity contribution >= 4 is 5.82 Å². The van der Waals surface area contributed by atoms with Crippen LogP contribution in [0.25, 0.3) is 0 Å². The lowest BCUT2D eigenvalue weighted by Crippen LogP contribution is -2.30. The van der Waals surface area contributed by atoms with E-state index in [0.29, 0.717) is 0 Å². The molecule has 0 aromatic carbocycles. The lowest BCUT2D eigenvalue weighted by atomic mass is 10.1. The van der Waals surface area contributed by atoms with Crippen LogP contribution in [0.3, 0.4) is 0 Å². The number of hydrogen-bond donors (Lipinski definition) is 2. The summed E-state index contributed by atoms with van der Waals surface area (Å²) < 4.78 is 37.7. The fourth-order valence-corrected chi connectivity index (χ4v) is 1.42. The summed E-state index contributed by atoms with van der Waals surface area (Å²) in [5.41, 5.74) is -1.07. The third kappa shape index (κ3) is 3.83. The van der Waals surface area contributed by atoms with Gasteiger partial charge in [0.2, 0.25) is 0 Å². The Morgan fingerprint density at radius 2 is 2.05 bits per heavy atom. The maximum Gasteiger partial charge on any atom is 0.433 e. The minimum absolute atomic E-state index is 0.00657. The number of nitriles is 1. The van der Waals surface area contributed by atoms with E-state index in [4.69, 9.17) is 10.4 Å². The molecular weight excluding hydrogens is 259 g/mol. The van der Waals surface area contributed by atoms with Gasteiger partial charge in [-0.05, 0) is 18.1 Å². The minimum atomic E-state index is -4.57. The maximum absolute atomic E-state index is 12.6. The van der Waals surface area contributed by atoms with Gasteiger partial charge < -0.3 is 10.4 Å². The molecule has 0 aliphatic rings. The first-order chi connectivity index (χ1) is 8.79. The van der Waals surface area contributed by atoms with Gasteiger partial charge in [0.15, 0.2) is 0 Å². The first-order valence-corrected chi connectivity index (χ1v) is 5.65. The second-order valence-corrected chi connectivity index (χ2v) is 4.38. The van der Waals surface area contributed by atoms with Gasteiger partial charge in [0.05, 0.1) is 18.2 Å². The van der Waals surface area contributed by atoms with Crippen molar-refractivity contribution in [1.29, 1.82) is 5.26 Å². The number of nitrogens with one attached hydrogen (secondary N) is 1. The number of aliphatic hydroxyl groups excluding tert-OH is 1. The lowest BCUT2D eigenvalue weighted by molar-refractivity contribution is -0.141. The molecule has 7 heteroatoms. The number of pyridine rings is 1. The van der Waals surface area contributed by atoms with Crippen molar-refractivity contribution in [3.05, 3.63) is 23.4 Å². The number of rotatable bonds is 4. The Bertz CT molecular complexity index is 480. The number of nitrogens with zero attached hydrogens (tertiary/aromatic N) is 2. The van der Waals surface area contributed by atoms with E-state index in [9.17, 15) is 13.2 Å². The van der Waals surface area contributed by atoms with Crippen molar-refractivity contribution in [2.75, 3.05) is 11.9 Å². The van der Waals surface area contributed by atoms with Crippen molar-refractivity contribution in [2.24, 2.45) is 5.92 Å². The van der Waals surface area contributed by atoms with Gasteiger partial charge in [0.25, 0.3) is 0 Å². The quantitative estimate of drug-likeness (QED) is 0.883. The van der Waals surface area contributed by atoms with Gasteiger partial charge in [-0.25, -0.2) is 4.98 Å². The van der Waals surface area contributed by atoms with Crippen LogP contribution in [-0.4, -0.2) is 22.7 Å². The summed E-state index contributed by atoms with van der Waals surface area (Å²) in [6, 6.07) is 3.12. The predicted octanol–water partition coefficient (Wildman–Crippen LogP) is 2.40. The average Bonchev–Trinajstić information content (AvgIpc) is 2.34. The van der Waals surface area contributed by atoms with Crippen LogP contribution in [0.5, 0.6) is 0 Å². The van der Waals surface area contributed by atoms with E-state index in [1.807, 2.05) is 0 Å². The molecule has 104 valence electrons. The Morgan fingerprint density at radius 3 is 2.47 bits per heavy atom. The minimum Gasteiger partial charge on any atom is -0.394 e. The Labute approximate surface area is 108 Å². The monoisotopic (exact) mass is 273 g/mol. The highest BCUT2D eigenvalue weighted by Gasteiger charge is 2.33. The number of aromatic nitrogens is 1. The van der Waals surface area contributed by atoms with Gasteiger partial charge in [-0.1, -0.05) is 13.8 Å².